The van der Waals surface area contributed by atoms with Gasteiger partial charge < -0.3 is 10.0 Å². The van der Waals surface area contributed by atoms with Gasteiger partial charge >= 0.3 is 5.97 Å². The molecule has 1 N–H and O–H groups in total. The monoisotopic (exact) mass is 311 g/mol. The molecular weight excluding hydrogens is 294 g/mol. The molecule has 0 bridgehead atoms. The van der Waals surface area contributed by atoms with Gasteiger partial charge in [-0.1, -0.05) is 11.6 Å². The van der Waals surface area contributed by atoms with E-state index in [1.54, 1.807) is 29.6 Å². The molecule has 7 heteroatoms. The lowest BCUT2D eigenvalue weighted by Gasteiger charge is -2.18. The number of carbonyl (C=O) groups excluding carboxylic acids is 1. The van der Waals surface area contributed by atoms with E-state index in [2.05, 4.69) is 5.10 Å². The van der Waals surface area contributed by atoms with Crippen LogP contribution in [0.25, 0.3) is 6.08 Å². The summed E-state index contributed by atoms with van der Waals surface area (Å²) in [7, 11) is 1.73. The molecule has 114 valence electrons. The number of aryl methyl sites for hydroxylation is 2. The highest BCUT2D eigenvalue weighted by molar-refractivity contribution is 6.31. The van der Waals surface area contributed by atoms with Gasteiger partial charge in [0.05, 0.1) is 11.1 Å². The van der Waals surface area contributed by atoms with E-state index in [9.17, 15) is 14.7 Å². The number of amides is 1. The van der Waals surface area contributed by atoms with Crippen molar-refractivity contribution in [2.45, 2.75) is 20.3 Å². The molecule has 0 unspecified atom stereocenters. The minimum absolute atomic E-state index is 0.209. The summed E-state index contributed by atoms with van der Waals surface area (Å²) in [6, 6.07) is 0. The zero-order chi connectivity index (χ0) is 15.8. The lowest BCUT2D eigenvalue weighted by atomic mass is 9.90. The second-order valence-corrected chi connectivity index (χ2v) is 5.98. The molecule has 6 nitrogen and oxygen atoms in total. The molecule has 0 saturated carbocycles. The largest absolute Gasteiger partial charge is 0.481 e. The Kier molecular flexibility index (Phi) is 4.09. The highest BCUT2D eigenvalue weighted by Crippen LogP contribution is 2.30. The molecule has 1 atom stereocenters. The molecule has 1 fully saturated rings. The van der Waals surface area contributed by atoms with Gasteiger partial charge in [0.15, 0.2) is 0 Å². The first-order valence-corrected chi connectivity index (χ1v) is 7.02. The Bertz CT molecular complexity index is 623. The van der Waals surface area contributed by atoms with Gasteiger partial charge in [0, 0.05) is 31.8 Å². The van der Waals surface area contributed by atoms with Crippen molar-refractivity contribution in [2.75, 3.05) is 13.1 Å². The quantitative estimate of drug-likeness (QED) is 0.862. The maximum Gasteiger partial charge on any atom is 0.311 e. The van der Waals surface area contributed by atoms with Crippen molar-refractivity contribution in [1.82, 2.24) is 14.7 Å². The van der Waals surface area contributed by atoms with Gasteiger partial charge in [0.1, 0.15) is 5.15 Å². The number of carboxylic acids is 1. The van der Waals surface area contributed by atoms with E-state index in [0.717, 1.165) is 5.69 Å². The van der Waals surface area contributed by atoms with Crippen molar-refractivity contribution in [3.05, 3.63) is 22.5 Å². The molecule has 2 heterocycles. The summed E-state index contributed by atoms with van der Waals surface area (Å²) in [6.45, 7) is 4.15. The molecular formula is C14H18ClN3O3. The highest BCUT2D eigenvalue weighted by atomic mass is 35.5. The number of hydrogen-bond acceptors (Lipinski definition) is 3. The summed E-state index contributed by atoms with van der Waals surface area (Å²) in [4.78, 5) is 24.9. The maximum absolute atomic E-state index is 12.1. The molecule has 1 saturated heterocycles. The smallest absolute Gasteiger partial charge is 0.311 e. The van der Waals surface area contributed by atoms with Gasteiger partial charge in [-0.05, 0) is 26.3 Å². The lowest BCUT2D eigenvalue weighted by molar-refractivity contribution is -0.147. The number of halogens is 1. The fraction of sp³-hybridized carbons (Fsp3) is 0.500. The van der Waals surface area contributed by atoms with Gasteiger partial charge in [-0.15, -0.1) is 0 Å². The van der Waals surface area contributed by atoms with Crippen molar-refractivity contribution in [3.63, 3.8) is 0 Å². The molecule has 21 heavy (non-hydrogen) atoms. The number of rotatable bonds is 3. The highest BCUT2D eigenvalue weighted by Gasteiger charge is 2.41. The molecule has 1 aromatic rings. The van der Waals surface area contributed by atoms with Crippen LogP contribution in [-0.4, -0.2) is 44.8 Å². The number of carbonyl (C=O) groups is 2. The molecule has 2 rings (SSSR count). The van der Waals surface area contributed by atoms with Gasteiger partial charge in [-0.2, -0.15) is 5.10 Å². The second kappa shape index (κ2) is 5.52. The molecule has 1 amide bonds. The van der Waals surface area contributed by atoms with Gasteiger partial charge in [0.2, 0.25) is 5.91 Å². The third-order valence-electron chi connectivity index (χ3n) is 3.89. The van der Waals surface area contributed by atoms with E-state index in [1.807, 2.05) is 6.92 Å². The number of aliphatic carboxylic acids is 1. The van der Waals surface area contributed by atoms with Crippen LogP contribution in [0.5, 0.6) is 0 Å². The number of hydrogen-bond donors (Lipinski definition) is 1. The third-order valence-corrected chi connectivity index (χ3v) is 4.34. The fourth-order valence-electron chi connectivity index (χ4n) is 2.42. The SMILES string of the molecule is Cc1nn(C)c(Cl)c1/C=C/C(=O)N1CC[C@@](C)(C(=O)O)C1. The predicted octanol–water partition coefficient (Wildman–Crippen LogP) is 1.72. The minimum atomic E-state index is -0.868. The van der Waals surface area contributed by atoms with Crippen molar-refractivity contribution in [3.8, 4) is 0 Å². The van der Waals surface area contributed by atoms with E-state index < -0.39 is 11.4 Å². The molecule has 0 spiro atoms. The van der Waals surface area contributed by atoms with E-state index >= 15 is 0 Å². The zero-order valence-electron chi connectivity index (χ0n) is 12.3. The normalized spacial score (nSPS) is 22.2. The molecule has 0 radical (unpaired) electrons. The second-order valence-electron chi connectivity index (χ2n) is 5.62. The number of nitrogens with zero attached hydrogens (tertiary/aromatic N) is 3. The summed E-state index contributed by atoms with van der Waals surface area (Å²) < 4.78 is 1.54. The van der Waals surface area contributed by atoms with Crippen LogP contribution in [0.4, 0.5) is 0 Å². The van der Waals surface area contributed by atoms with Gasteiger partial charge in [0.25, 0.3) is 0 Å². The van der Waals surface area contributed by atoms with E-state index in [-0.39, 0.29) is 12.5 Å². The number of aromatic nitrogens is 2. The number of carboxylic acid groups (broad SMARTS) is 1. The van der Waals surface area contributed by atoms with E-state index in [0.29, 0.717) is 23.7 Å². The average Bonchev–Trinajstić information content (AvgIpc) is 2.91. The van der Waals surface area contributed by atoms with E-state index in [1.165, 1.54) is 6.08 Å². The zero-order valence-corrected chi connectivity index (χ0v) is 13.0. The number of likely N-dealkylation sites (tertiary alicyclic amines) is 1. The molecule has 1 aromatic heterocycles. The van der Waals surface area contributed by atoms with Crippen molar-refractivity contribution >= 4 is 29.6 Å². The van der Waals surface area contributed by atoms with E-state index in [4.69, 9.17) is 11.6 Å². The van der Waals surface area contributed by atoms with Crippen LogP contribution in [0.1, 0.15) is 24.6 Å². The van der Waals surface area contributed by atoms with Crippen molar-refractivity contribution in [2.24, 2.45) is 12.5 Å². The first-order valence-electron chi connectivity index (χ1n) is 6.64. The Balaban J connectivity index is 2.09. The Morgan fingerprint density at radius 3 is 2.62 bits per heavy atom. The average molecular weight is 312 g/mol. The van der Waals surface area contributed by atoms with Crippen LogP contribution in [0.15, 0.2) is 6.08 Å². The summed E-state index contributed by atoms with van der Waals surface area (Å²) >= 11 is 6.09. The Morgan fingerprint density at radius 1 is 1.48 bits per heavy atom. The van der Waals surface area contributed by atoms with Crippen molar-refractivity contribution in [1.29, 1.82) is 0 Å². The third kappa shape index (κ3) is 2.95. The molecule has 1 aliphatic rings. The first kappa shape index (κ1) is 15.6. The summed E-state index contributed by atoms with van der Waals surface area (Å²) in [5, 5.41) is 13.8. The molecule has 1 aliphatic heterocycles. The first-order chi connectivity index (χ1) is 9.74. The molecule has 0 aliphatic carbocycles. The fourth-order valence-corrected chi connectivity index (χ4v) is 2.66. The maximum atomic E-state index is 12.1. The Labute approximate surface area is 128 Å². The van der Waals surface area contributed by atoms with Crippen LogP contribution >= 0.6 is 11.6 Å². The van der Waals surface area contributed by atoms with Gasteiger partial charge in [-0.3, -0.25) is 14.3 Å². The lowest BCUT2D eigenvalue weighted by Crippen LogP contribution is -2.34. The van der Waals surface area contributed by atoms with Crippen molar-refractivity contribution < 1.29 is 14.7 Å². The standard InChI is InChI=1S/C14H18ClN3O3/c1-9-10(12(15)17(3)16-9)4-5-11(19)18-7-6-14(2,8-18)13(20)21/h4-5H,6-8H2,1-3H3,(H,20,21)/b5-4+/t14-/m1/s1. The predicted molar refractivity (Wildman–Crippen MR) is 78.9 cm³/mol. The minimum Gasteiger partial charge on any atom is -0.481 e. The van der Waals surface area contributed by atoms with Crippen LogP contribution in [0.3, 0.4) is 0 Å². The van der Waals surface area contributed by atoms with Gasteiger partial charge in [-0.25, -0.2) is 0 Å². The topological polar surface area (TPSA) is 75.4 Å². The molecule has 0 aromatic carbocycles. The summed E-state index contributed by atoms with van der Waals surface area (Å²) in [5.74, 6) is -1.08. The summed E-state index contributed by atoms with van der Waals surface area (Å²) in [5.41, 5.74) is 0.585. The van der Waals surface area contributed by atoms with Crippen LogP contribution in [0.2, 0.25) is 5.15 Å². The van der Waals surface area contributed by atoms with Crippen LogP contribution < -0.4 is 0 Å². The summed E-state index contributed by atoms with van der Waals surface area (Å²) in [6.07, 6.45) is 3.52. The Morgan fingerprint density at radius 2 is 2.14 bits per heavy atom. The van der Waals surface area contributed by atoms with Crippen LogP contribution in [-0.2, 0) is 16.6 Å². The Hall–Kier alpha value is -1.82. The van der Waals surface area contributed by atoms with Crippen LogP contribution in [0, 0.1) is 12.3 Å².